The van der Waals surface area contributed by atoms with E-state index in [1.165, 1.54) is 65.5 Å². The van der Waals surface area contributed by atoms with Crippen molar-refractivity contribution in [1.82, 2.24) is 29.9 Å². The minimum atomic E-state index is -4.78. The number of aromatic nitrogens is 6. The first kappa shape index (κ1) is 40.3. The van der Waals surface area contributed by atoms with Gasteiger partial charge in [-0.3, -0.25) is 4.55 Å². The Morgan fingerprint density at radius 3 is 1.26 bits per heavy atom. The SMILES string of the molecule is C=CCNc1nc(NCC=C)nc(Nc2ccc(/C=C/c3ccc(Nc4nc(NCC=C)nc(NCC=C)n4)cc3S(=O)(=O)OI)c(S(=O)(=O)O)c2)n1. The molecule has 0 spiro atoms. The Labute approximate surface area is 320 Å². The van der Waals surface area contributed by atoms with E-state index in [0.29, 0.717) is 26.2 Å². The lowest BCUT2D eigenvalue weighted by Gasteiger charge is -2.12. The molecule has 0 saturated carbocycles. The highest BCUT2D eigenvalue weighted by atomic mass is 127. The molecule has 4 rings (SSSR count). The number of nitrogens with one attached hydrogen (secondary N) is 6. The molecule has 21 heteroatoms. The van der Waals surface area contributed by atoms with Crippen LogP contribution in [0.15, 0.2) is 96.8 Å². The van der Waals surface area contributed by atoms with Crippen LogP contribution in [0.2, 0.25) is 0 Å². The topological polar surface area (TPSA) is 247 Å². The third-order valence-electron chi connectivity index (χ3n) is 6.50. The molecule has 0 aliphatic rings. The molecule has 0 unspecified atom stereocenters. The molecule has 0 saturated heterocycles. The quantitative estimate of drug-likeness (QED) is 0.0239. The number of hydrogen-bond donors (Lipinski definition) is 7. The number of halogens is 1. The van der Waals surface area contributed by atoms with E-state index in [0.717, 1.165) is 0 Å². The van der Waals surface area contributed by atoms with Crippen LogP contribution in [-0.4, -0.2) is 77.5 Å². The van der Waals surface area contributed by atoms with Gasteiger partial charge in [-0.2, -0.15) is 49.3 Å². The van der Waals surface area contributed by atoms with Crippen LogP contribution in [0.3, 0.4) is 0 Å². The van der Waals surface area contributed by atoms with Crippen molar-refractivity contribution in [2.45, 2.75) is 9.79 Å². The van der Waals surface area contributed by atoms with E-state index >= 15 is 0 Å². The van der Waals surface area contributed by atoms with Crippen molar-refractivity contribution in [3.05, 3.63) is 98.1 Å². The van der Waals surface area contributed by atoms with Gasteiger partial charge in [0.25, 0.3) is 10.1 Å². The summed E-state index contributed by atoms with van der Waals surface area (Å²) in [5.74, 6) is 1.06. The van der Waals surface area contributed by atoms with Gasteiger partial charge in [0.2, 0.25) is 35.7 Å². The zero-order valence-electron chi connectivity index (χ0n) is 28.0. The van der Waals surface area contributed by atoms with Crippen LogP contribution in [0.25, 0.3) is 12.2 Å². The van der Waals surface area contributed by atoms with Crippen molar-refractivity contribution in [3.8, 4) is 0 Å². The van der Waals surface area contributed by atoms with E-state index in [9.17, 15) is 21.4 Å². The molecule has 0 radical (unpaired) electrons. The van der Waals surface area contributed by atoms with Crippen molar-refractivity contribution in [1.29, 1.82) is 0 Å². The summed E-state index contributed by atoms with van der Waals surface area (Å²) in [5, 5.41) is 17.7. The molecule has 0 bridgehead atoms. The van der Waals surface area contributed by atoms with Crippen molar-refractivity contribution in [2.75, 3.05) is 58.1 Å². The Kier molecular flexibility index (Phi) is 14.3. The van der Waals surface area contributed by atoms with Crippen molar-refractivity contribution < 1.29 is 23.9 Å². The number of benzene rings is 2. The predicted molar refractivity (Wildman–Crippen MR) is 215 cm³/mol. The van der Waals surface area contributed by atoms with Gasteiger partial charge in [-0.1, -0.05) is 48.6 Å². The molecule has 2 heterocycles. The standard InChI is InChI=1S/C32H35IN12O6S2/c1-5-15-34-27-40-28(35-16-6-2)43-31(42-27)38-23-13-11-21(25(19-23)52(46,47)48)9-10-22-12-14-24(20-26(22)53(49,50)51-33)39-32-44-29(36-17-7-3)41-30(45-32)37-18-8-4/h5-14,19-20H,1-4,15-18H2,(H,46,47,48)(H3,34,35,38,40,42,43)(H3,36,37,39,41,44,45)/b10-9+. The van der Waals surface area contributed by atoms with Gasteiger partial charge in [0.05, 0.1) is 0 Å². The third kappa shape index (κ3) is 11.8. The molecule has 0 fully saturated rings. The predicted octanol–water partition coefficient (Wildman–Crippen LogP) is 5.41. The molecular formula is C32H35IN12O6S2. The van der Waals surface area contributed by atoms with E-state index in [1.54, 1.807) is 30.4 Å². The maximum atomic E-state index is 13.0. The zero-order valence-corrected chi connectivity index (χ0v) is 31.7. The average Bonchev–Trinajstić information content (AvgIpc) is 3.13. The first-order chi connectivity index (χ1) is 25.4. The summed E-state index contributed by atoms with van der Waals surface area (Å²) < 4.78 is 66.1. The van der Waals surface area contributed by atoms with Crippen molar-refractivity contribution in [3.63, 3.8) is 0 Å². The number of rotatable bonds is 21. The Morgan fingerprint density at radius 2 is 0.925 bits per heavy atom. The molecule has 7 N–H and O–H groups in total. The number of anilines is 8. The third-order valence-corrected chi connectivity index (χ3v) is 9.89. The van der Waals surface area contributed by atoms with Crippen molar-refractivity contribution in [2.24, 2.45) is 0 Å². The van der Waals surface area contributed by atoms with Gasteiger partial charge in [-0.15, -0.1) is 26.3 Å². The van der Waals surface area contributed by atoms with Crippen LogP contribution in [0, 0.1) is 0 Å². The summed E-state index contributed by atoms with van der Waals surface area (Å²) in [6, 6.07) is 8.44. The minimum absolute atomic E-state index is 0.0422. The fourth-order valence-corrected chi connectivity index (χ4v) is 6.30. The summed E-state index contributed by atoms with van der Waals surface area (Å²) in [4.78, 5) is 25.0. The molecule has 0 amide bonds. The Bertz CT molecular complexity index is 2180. The van der Waals surface area contributed by atoms with Crippen LogP contribution < -0.4 is 31.9 Å². The second-order valence-corrected chi connectivity index (χ2v) is 14.3. The van der Waals surface area contributed by atoms with Crippen molar-refractivity contribution >= 4 is 102 Å². The van der Waals surface area contributed by atoms with E-state index < -0.39 is 25.1 Å². The van der Waals surface area contributed by atoms with Crippen LogP contribution in [0.1, 0.15) is 11.1 Å². The lowest BCUT2D eigenvalue weighted by molar-refractivity contribution is 0.483. The molecule has 2 aromatic heterocycles. The Hall–Kier alpha value is -5.49. The summed E-state index contributed by atoms with van der Waals surface area (Å²) in [7, 11) is -9.09. The van der Waals surface area contributed by atoms with Gasteiger partial charge in [-0.05, 0) is 35.4 Å². The van der Waals surface area contributed by atoms with E-state index in [-0.39, 0.29) is 63.1 Å². The lowest BCUT2D eigenvalue weighted by Crippen LogP contribution is -2.11. The van der Waals surface area contributed by atoms with E-state index in [1.807, 2.05) is 0 Å². The molecular weight excluding hydrogens is 839 g/mol. The molecule has 2 aromatic carbocycles. The van der Waals surface area contributed by atoms with Gasteiger partial charge in [0.15, 0.2) is 0 Å². The Balaban J connectivity index is 1.68. The maximum Gasteiger partial charge on any atom is 0.306 e. The first-order valence-corrected chi connectivity index (χ1v) is 19.1. The van der Waals surface area contributed by atoms with E-state index in [4.69, 9.17) is 2.51 Å². The average molecular weight is 875 g/mol. The summed E-state index contributed by atoms with van der Waals surface area (Å²) >= 11 is 1.26. The van der Waals surface area contributed by atoms with Gasteiger partial charge >= 0.3 is 10.1 Å². The van der Waals surface area contributed by atoms with E-state index in [2.05, 4.69) is 88.1 Å². The largest absolute Gasteiger partial charge is 0.351 e. The Morgan fingerprint density at radius 1 is 0.585 bits per heavy atom. The molecule has 0 aliphatic heterocycles. The number of hydrogen-bond acceptors (Lipinski definition) is 17. The summed E-state index contributed by atoms with van der Waals surface area (Å²) in [6.45, 7) is 16.1. The highest BCUT2D eigenvalue weighted by molar-refractivity contribution is 14.1. The summed E-state index contributed by atoms with van der Waals surface area (Å²) in [6.07, 6.45) is 9.18. The van der Waals surface area contributed by atoms with Crippen LogP contribution in [0.4, 0.5) is 47.1 Å². The molecule has 0 atom stereocenters. The lowest BCUT2D eigenvalue weighted by atomic mass is 10.1. The van der Waals surface area contributed by atoms with Crippen LogP contribution in [-0.2, 0) is 22.7 Å². The van der Waals surface area contributed by atoms with Gasteiger partial charge in [0.1, 0.15) is 32.8 Å². The molecule has 278 valence electrons. The van der Waals surface area contributed by atoms with Gasteiger partial charge < -0.3 is 31.9 Å². The fourth-order valence-electron chi connectivity index (χ4n) is 4.24. The van der Waals surface area contributed by atoms with Crippen LogP contribution in [0.5, 0.6) is 0 Å². The minimum Gasteiger partial charge on any atom is -0.351 e. The second kappa shape index (κ2) is 18.8. The molecule has 53 heavy (non-hydrogen) atoms. The first-order valence-electron chi connectivity index (χ1n) is 15.3. The second-order valence-electron chi connectivity index (χ2n) is 10.4. The molecule has 4 aromatic rings. The smallest absolute Gasteiger partial charge is 0.306 e. The fraction of sp³-hybridized carbons (Fsp3) is 0.125. The molecule has 18 nitrogen and oxygen atoms in total. The highest BCUT2D eigenvalue weighted by Crippen LogP contribution is 2.29. The normalized spacial score (nSPS) is 11.4. The van der Waals surface area contributed by atoms with Gasteiger partial charge in [-0.25, -0.2) is 0 Å². The molecule has 0 aliphatic carbocycles. The van der Waals surface area contributed by atoms with Crippen LogP contribution >= 0.6 is 23.0 Å². The monoisotopic (exact) mass is 874 g/mol. The van der Waals surface area contributed by atoms with Gasteiger partial charge in [0, 0.05) is 37.6 Å². The number of nitrogens with zero attached hydrogens (tertiary/aromatic N) is 6. The summed E-state index contributed by atoms with van der Waals surface area (Å²) in [5.41, 5.74) is 0.673. The zero-order chi connectivity index (χ0) is 38.4. The maximum absolute atomic E-state index is 13.0. The highest BCUT2D eigenvalue weighted by Gasteiger charge is 2.21.